The van der Waals surface area contributed by atoms with Gasteiger partial charge in [0.25, 0.3) is 0 Å². The van der Waals surface area contributed by atoms with Crippen molar-refractivity contribution in [2.45, 2.75) is 303 Å². The van der Waals surface area contributed by atoms with Crippen LogP contribution in [0.25, 0.3) is 0 Å². The van der Waals surface area contributed by atoms with Gasteiger partial charge in [0.1, 0.15) is 13.2 Å². The maximum Gasteiger partial charge on any atom is 0.306 e. The van der Waals surface area contributed by atoms with Crippen molar-refractivity contribution in [3.8, 4) is 0 Å². The summed E-state index contributed by atoms with van der Waals surface area (Å²) in [5.41, 5.74) is 0. The molecule has 0 aromatic carbocycles. The largest absolute Gasteiger partial charge is 0.462 e. The Morgan fingerprint density at radius 3 is 0.838 bits per heavy atom. The number of unbranched alkanes of at least 4 members (excludes halogenated alkanes) is 26. The number of esters is 3. The van der Waals surface area contributed by atoms with Crippen molar-refractivity contribution in [3.63, 3.8) is 0 Å². The molecule has 0 amide bonds. The van der Waals surface area contributed by atoms with E-state index in [0.717, 1.165) is 116 Å². The second-order valence-electron chi connectivity index (χ2n) is 21.6. The van der Waals surface area contributed by atoms with Crippen LogP contribution in [0.15, 0.2) is 134 Å². The van der Waals surface area contributed by atoms with E-state index in [2.05, 4.69) is 148 Å². The molecule has 0 heterocycles. The van der Waals surface area contributed by atoms with E-state index < -0.39 is 6.10 Å². The summed E-state index contributed by atoms with van der Waals surface area (Å²) in [5, 5.41) is 0. The summed E-state index contributed by atoms with van der Waals surface area (Å²) in [6.07, 6.45) is 94.8. The van der Waals surface area contributed by atoms with Gasteiger partial charge in [-0.2, -0.15) is 0 Å². The van der Waals surface area contributed by atoms with Crippen molar-refractivity contribution < 1.29 is 28.6 Å². The number of allylic oxidation sites excluding steroid dienone is 22. The van der Waals surface area contributed by atoms with Gasteiger partial charge in [-0.05, 0) is 103 Å². The highest BCUT2D eigenvalue weighted by Crippen LogP contribution is 2.16. The quantitative estimate of drug-likeness (QED) is 0.0261. The highest BCUT2D eigenvalue weighted by molar-refractivity contribution is 5.71. The summed E-state index contributed by atoms with van der Waals surface area (Å²) in [7, 11) is 0. The SMILES string of the molecule is CC/C=C\C/C=C\C/C=C\C/C=C\C/C=C\C/C=C\C/C=C\CCCCCCCCCCCC(=O)OCC(COC(=O)CC/C=C\C/C=C\C/C=C\C/C=C\CC)OC(=O)CCCCCCCCCCCCCCCCCCCC. The van der Waals surface area contributed by atoms with Crippen molar-refractivity contribution in [3.05, 3.63) is 134 Å². The van der Waals surface area contributed by atoms with E-state index in [1.54, 1.807) is 0 Å². The molecular weight excluding hydrogens is 985 g/mol. The Bertz CT molecular complexity index is 1700. The maximum absolute atomic E-state index is 12.9. The van der Waals surface area contributed by atoms with Crippen molar-refractivity contribution >= 4 is 17.9 Å². The second-order valence-corrected chi connectivity index (χ2v) is 21.6. The number of carbonyl (C=O) groups excluding carboxylic acids is 3. The van der Waals surface area contributed by atoms with Gasteiger partial charge >= 0.3 is 17.9 Å². The maximum atomic E-state index is 12.9. The van der Waals surface area contributed by atoms with Gasteiger partial charge in [-0.1, -0.05) is 309 Å². The molecule has 1 unspecified atom stereocenters. The zero-order chi connectivity index (χ0) is 57.8. The van der Waals surface area contributed by atoms with Gasteiger partial charge in [0.05, 0.1) is 0 Å². The minimum Gasteiger partial charge on any atom is -0.462 e. The van der Waals surface area contributed by atoms with Crippen molar-refractivity contribution in [1.29, 1.82) is 0 Å². The molecule has 80 heavy (non-hydrogen) atoms. The standard InChI is InChI=1S/C74H122O6/c1-4-7-10-13-16-19-22-25-27-29-31-32-33-34-35-36-37-38-39-40-41-42-43-45-46-49-52-55-58-61-64-67-73(76)79-70-71(69-78-72(75)66-63-60-57-54-51-48-24-21-18-15-12-9-6-3)80-74(77)68-65-62-59-56-53-50-47-44-30-28-26-23-20-17-14-11-8-5-2/h7,9-10,12,16,18-19,21,25,27,31-32,34-35,37-38,40-41,48,51,57,60,71H,4-6,8,11,13-15,17,20,22-24,26,28-30,33,36,39,42-47,49-50,52-56,58-59,61-70H2,1-3H3/b10-7-,12-9-,19-16-,21-18-,27-25-,32-31-,35-34-,38-37-,41-40-,51-48-,60-57-. The van der Waals surface area contributed by atoms with E-state index in [1.807, 2.05) is 6.08 Å². The lowest BCUT2D eigenvalue weighted by Crippen LogP contribution is -2.30. The molecule has 6 heteroatoms. The molecule has 1 atom stereocenters. The van der Waals surface area contributed by atoms with Crippen LogP contribution in [0.1, 0.15) is 297 Å². The summed E-state index contributed by atoms with van der Waals surface area (Å²) in [5.74, 6) is -0.988. The van der Waals surface area contributed by atoms with Crippen LogP contribution in [0.5, 0.6) is 0 Å². The van der Waals surface area contributed by atoms with E-state index in [0.29, 0.717) is 19.3 Å². The first-order valence-corrected chi connectivity index (χ1v) is 33.2. The van der Waals surface area contributed by atoms with Gasteiger partial charge in [-0.3, -0.25) is 14.4 Å². The third-order valence-corrected chi connectivity index (χ3v) is 13.9. The number of ether oxygens (including phenoxy) is 3. The Kier molecular flexibility index (Phi) is 63.3. The van der Waals surface area contributed by atoms with E-state index in [1.165, 1.54) is 135 Å². The van der Waals surface area contributed by atoms with Gasteiger partial charge < -0.3 is 14.2 Å². The molecule has 0 saturated carbocycles. The summed E-state index contributed by atoms with van der Waals surface area (Å²) >= 11 is 0. The monoisotopic (exact) mass is 1110 g/mol. The second kappa shape index (κ2) is 67.1. The molecule has 454 valence electrons. The molecule has 0 rings (SSSR count). The van der Waals surface area contributed by atoms with Crippen LogP contribution in [0.3, 0.4) is 0 Å². The fourth-order valence-electron chi connectivity index (χ4n) is 9.03. The molecule has 0 saturated heterocycles. The van der Waals surface area contributed by atoms with Crippen molar-refractivity contribution in [1.82, 2.24) is 0 Å². The summed E-state index contributed by atoms with van der Waals surface area (Å²) in [6.45, 7) is 6.36. The fraction of sp³-hybridized carbons (Fsp3) is 0.662. The fourth-order valence-corrected chi connectivity index (χ4v) is 9.03. The van der Waals surface area contributed by atoms with E-state index in [9.17, 15) is 14.4 Å². The molecule has 6 nitrogen and oxygen atoms in total. The third-order valence-electron chi connectivity index (χ3n) is 13.9. The van der Waals surface area contributed by atoms with Crippen LogP contribution in [0.4, 0.5) is 0 Å². The first-order chi connectivity index (χ1) is 39.5. The van der Waals surface area contributed by atoms with Gasteiger partial charge in [0, 0.05) is 19.3 Å². The van der Waals surface area contributed by atoms with Crippen LogP contribution in [-0.2, 0) is 28.6 Å². The predicted molar refractivity (Wildman–Crippen MR) is 348 cm³/mol. The van der Waals surface area contributed by atoms with E-state index >= 15 is 0 Å². The zero-order valence-electron chi connectivity index (χ0n) is 52.0. The Morgan fingerprint density at radius 2 is 0.512 bits per heavy atom. The minimum atomic E-state index is -0.812. The average Bonchev–Trinajstić information content (AvgIpc) is 3.46. The van der Waals surface area contributed by atoms with Gasteiger partial charge in [-0.15, -0.1) is 0 Å². The number of hydrogen-bond acceptors (Lipinski definition) is 6. The molecule has 0 radical (unpaired) electrons. The predicted octanol–water partition coefficient (Wildman–Crippen LogP) is 22.9. The molecule has 0 aliphatic heterocycles. The molecule has 0 fully saturated rings. The number of hydrogen-bond donors (Lipinski definition) is 0. The van der Waals surface area contributed by atoms with Crippen LogP contribution >= 0.6 is 0 Å². The average molecular weight is 1110 g/mol. The molecule has 0 spiro atoms. The summed E-state index contributed by atoms with van der Waals surface area (Å²) in [4.78, 5) is 38.3. The normalized spacial score (nSPS) is 13.0. The highest BCUT2D eigenvalue weighted by Gasteiger charge is 2.19. The van der Waals surface area contributed by atoms with Crippen molar-refractivity contribution in [2.75, 3.05) is 13.2 Å². The van der Waals surface area contributed by atoms with Gasteiger partial charge in [-0.25, -0.2) is 0 Å². The van der Waals surface area contributed by atoms with Crippen LogP contribution < -0.4 is 0 Å². The Hall–Kier alpha value is -4.45. The molecule has 0 aliphatic rings. The van der Waals surface area contributed by atoms with Gasteiger partial charge in [0.2, 0.25) is 0 Å². The topological polar surface area (TPSA) is 78.9 Å². The van der Waals surface area contributed by atoms with Crippen LogP contribution in [0.2, 0.25) is 0 Å². The third kappa shape index (κ3) is 64.4. The van der Waals surface area contributed by atoms with E-state index in [4.69, 9.17) is 14.2 Å². The molecule has 0 N–H and O–H groups in total. The number of carbonyl (C=O) groups is 3. The van der Waals surface area contributed by atoms with Gasteiger partial charge in [0.15, 0.2) is 6.10 Å². The first kappa shape index (κ1) is 75.5. The Morgan fingerprint density at radius 1 is 0.263 bits per heavy atom. The minimum absolute atomic E-state index is 0.104. The van der Waals surface area contributed by atoms with Crippen LogP contribution in [0, 0.1) is 0 Å². The molecule has 0 bridgehead atoms. The summed E-state index contributed by atoms with van der Waals surface area (Å²) < 4.78 is 16.9. The molecule has 0 aromatic heterocycles. The first-order valence-electron chi connectivity index (χ1n) is 33.2. The smallest absolute Gasteiger partial charge is 0.306 e. The number of rotatable bonds is 59. The lowest BCUT2D eigenvalue weighted by atomic mass is 10.0. The zero-order valence-corrected chi connectivity index (χ0v) is 52.0. The van der Waals surface area contributed by atoms with E-state index in [-0.39, 0.29) is 37.5 Å². The van der Waals surface area contributed by atoms with Crippen LogP contribution in [-0.4, -0.2) is 37.2 Å². The molecule has 0 aliphatic carbocycles. The lowest BCUT2D eigenvalue weighted by Gasteiger charge is -2.18. The molecule has 0 aromatic rings. The Labute approximate surface area is 494 Å². The highest BCUT2D eigenvalue weighted by atomic mass is 16.6. The lowest BCUT2D eigenvalue weighted by molar-refractivity contribution is -0.166. The Balaban J connectivity index is 4.32. The molecular formula is C74H122O6. The summed E-state index contributed by atoms with van der Waals surface area (Å²) in [6, 6.07) is 0. The van der Waals surface area contributed by atoms with Crippen molar-refractivity contribution in [2.24, 2.45) is 0 Å².